The average Bonchev–Trinajstić information content (AvgIpc) is 1.45. The molecule has 0 aliphatic carbocycles. The third-order valence-corrected chi connectivity index (χ3v) is 20.6. The summed E-state index contributed by atoms with van der Waals surface area (Å²) in [5.41, 5.74) is 18.6. The highest BCUT2D eigenvalue weighted by Gasteiger charge is 2.46. The van der Waals surface area contributed by atoms with Crippen molar-refractivity contribution < 1.29 is 19.1 Å². The van der Waals surface area contributed by atoms with Crippen molar-refractivity contribution in [3.05, 3.63) is 306 Å². The maximum absolute atomic E-state index is 16.0. The molecule has 0 saturated heterocycles. The Morgan fingerprint density at radius 3 is 1.47 bits per heavy atom. The molecule has 10 nitrogen and oxygen atoms in total. The summed E-state index contributed by atoms with van der Waals surface area (Å²) in [5, 5.41) is 1.88. The van der Waals surface area contributed by atoms with Gasteiger partial charge in [0.1, 0.15) is 23.0 Å². The number of rotatable bonds is 9. The Labute approximate surface area is 575 Å². The third kappa shape index (κ3) is 9.57. The van der Waals surface area contributed by atoms with Crippen molar-refractivity contribution in [2.75, 3.05) is 9.80 Å². The Morgan fingerprint density at radius 1 is 0.404 bits per heavy atom. The molecule has 0 fully saturated rings. The predicted molar refractivity (Wildman–Crippen MR) is 400 cm³/mol. The van der Waals surface area contributed by atoms with Crippen molar-refractivity contribution >= 4 is 79.5 Å². The molecule has 0 radical (unpaired) electrons. The van der Waals surface area contributed by atoms with E-state index in [-0.39, 0.29) is 23.4 Å². The van der Waals surface area contributed by atoms with E-state index in [0.29, 0.717) is 46.4 Å². The lowest BCUT2D eigenvalue weighted by molar-refractivity contribution is 0.0926. The van der Waals surface area contributed by atoms with Crippen molar-refractivity contribution in [3.63, 3.8) is 0 Å². The Bertz CT molecular complexity index is 5520. The van der Waals surface area contributed by atoms with Crippen LogP contribution in [0.25, 0.3) is 72.8 Å². The van der Waals surface area contributed by atoms with E-state index in [0.717, 1.165) is 123 Å². The number of carbonyl (C=O) groups excluding carboxylic acids is 2. The van der Waals surface area contributed by atoms with Crippen LogP contribution in [0, 0.1) is 0 Å². The fourth-order valence-corrected chi connectivity index (χ4v) is 15.7. The lowest BCUT2D eigenvalue weighted by Crippen LogP contribution is -2.57. The summed E-state index contributed by atoms with van der Waals surface area (Å²) in [4.78, 5) is 50.9. The molecular weight excluding hydrogens is 1220 g/mol. The number of anilines is 4. The summed E-state index contributed by atoms with van der Waals surface area (Å²) in [5.74, 6) is 4.04. The first kappa shape index (κ1) is 59.5. The molecule has 476 valence electrons. The molecule has 99 heavy (non-hydrogen) atoms. The van der Waals surface area contributed by atoms with Crippen LogP contribution in [0.3, 0.4) is 0 Å². The van der Waals surface area contributed by atoms with Crippen LogP contribution < -0.4 is 35.7 Å². The SMILES string of the molecule is CC(C)(C)c1ccc2c(c1)B1c3cc(C(C)(C)C)ccc3Oc3cc(N4c5ccccc5C(C)(Cc5cc6c(c(-n7c8ccccc8c8cc(-c9nc(-c%10ccccc%10)nc(-c%10ccccc%10)n9)ccc87)c5)C(=O)N(c5ccccc5-c5ccccc5)C6=O)c5ccccc54)cc(c31)O2. The van der Waals surface area contributed by atoms with Gasteiger partial charge in [-0.05, 0) is 128 Å². The number of imide groups is 1. The Kier molecular flexibility index (Phi) is 13.4. The largest absolute Gasteiger partial charge is 0.458 e. The summed E-state index contributed by atoms with van der Waals surface area (Å²) in [6.07, 6.45) is 0.454. The van der Waals surface area contributed by atoms with Gasteiger partial charge in [0.05, 0.1) is 50.6 Å². The van der Waals surface area contributed by atoms with Crippen LogP contribution >= 0.6 is 0 Å². The summed E-state index contributed by atoms with van der Waals surface area (Å²) in [6, 6.07) is 91.5. The second-order valence-electron chi connectivity index (χ2n) is 28.9. The van der Waals surface area contributed by atoms with E-state index in [9.17, 15) is 0 Å². The van der Waals surface area contributed by atoms with E-state index >= 15 is 9.59 Å². The van der Waals surface area contributed by atoms with Crippen molar-refractivity contribution in [2.45, 2.75) is 71.1 Å². The van der Waals surface area contributed by atoms with Gasteiger partial charge in [-0.3, -0.25) is 9.59 Å². The van der Waals surface area contributed by atoms with Crippen molar-refractivity contribution in [1.29, 1.82) is 0 Å². The molecule has 0 spiro atoms. The Morgan fingerprint density at radius 2 is 0.899 bits per heavy atom. The molecule has 12 aromatic carbocycles. The lowest BCUT2D eigenvalue weighted by atomic mass is 9.34. The number of benzene rings is 12. The van der Waals surface area contributed by atoms with Gasteiger partial charge >= 0.3 is 0 Å². The highest BCUT2D eigenvalue weighted by molar-refractivity contribution is 6.98. The highest BCUT2D eigenvalue weighted by Crippen LogP contribution is 2.55. The van der Waals surface area contributed by atoms with Crippen molar-refractivity contribution in [1.82, 2.24) is 19.5 Å². The summed E-state index contributed by atoms with van der Waals surface area (Å²) >= 11 is 0. The second-order valence-corrected chi connectivity index (χ2v) is 28.9. The molecule has 2 aromatic heterocycles. The first-order chi connectivity index (χ1) is 48.0. The standard InChI is InChI=1S/C88H67BN6O4/c1-86(2,3)58-40-43-75-67(48-58)89-68-49-59(87(4,5)6)41-44-76(68)99-78-51-60(50-77(98-75)80(78)89)93-72-37-23-19-33-65(72)88(7,66-34-20-24-38-73(66)93)52-53-45-64-79(85(97)95(84(64)96)69-35-21-17-31-61(69)54-25-11-8-12-26-54)74(46-53)94-70-36-22-18-32-62(70)63-47-57(39-42-71(63)94)83-91-81(55-27-13-9-14-28-55)90-82(92-83)56-29-15-10-16-30-56/h8-51H,52H2,1-7H3. The highest BCUT2D eigenvalue weighted by atomic mass is 16.5. The fourth-order valence-electron chi connectivity index (χ4n) is 15.7. The number of ether oxygens (including phenoxy) is 2. The zero-order valence-electron chi connectivity index (χ0n) is 56.0. The molecule has 14 aromatic rings. The van der Waals surface area contributed by atoms with Gasteiger partial charge in [0, 0.05) is 56.0 Å². The molecule has 18 rings (SSSR count). The van der Waals surface area contributed by atoms with Gasteiger partial charge in [-0.15, -0.1) is 0 Å². The first-order valence-corrected chi connectivity index (χ1v) is 34.0. The van der Waals surface area contributed by atoms with Crippen LogP contribution in [0.5, 0.6) is 23.0 Å². The molecule has 0 unspecified atom stereocenters. The average molecular weight is 1280 g/mol. The van der Waals surface area contributed by atoms with Gasteiger partial charge in [0.25, 0.3) is 18.5 Å². The summed E-state index contributed by atoms with van der Waals surface area (Å²) < 4.78 is 16.5. The molecule has 6 heterocycles. The Hall–Kier alpha value is -11.9. The zero-order chi connectivity index (χ0) is 67.2. The molecular formula is C88H67BN6O4. The minimum absolute atomic E-state index is 0.0814. The van der Waals surface area contributed by atoms with Crippen LogP contribution in [-0.2, 0) is 22.7 Å². The fraction of sp³-hybridized carbons (Fsp3) is 0.125. The molecule has 0 saturated carbocycles. The normalized spacial score (nSPS) is 14.1. The number of hydrogen-bond acceptors (Lipinski definition) is 8. The summed E-state index contributed by atoms with van der Waals surface area (Å²) in [7, 11) is 0. The molecule has 11 heteroatoms. The van der Waals surface area contributed by atoms with Gasteiger partial charge in [-0.25, -0.2) is 19.9 Å². The van der Waals surface area contributed by atoms with Crippen LogP contribution in [0.2, 0.25) is 0 Å². The quantitative estimate of drug-likeness (QED) is 0.104. The number of aromatic nitrogens is 4. The van der Waals surface area contributed by atoms with E-state index < -0.39 is 11.3 Å². The first-order valence-electron chi connectivity index (χ1n) is 34.0. The number of nitrogens with zero attached hydrogens (tertiary/aromatic N) is 6. The number of amides is 2. The van der Waals surface area contributed by atoms with Crippen LogP contribution in [0.15, 0.2) is 267 Å². The smallest absolute Gasteiger partial charge is 0.268 e. The monoisotopic (exact) mass is 1280 g/mol. The van der Waals surface area contributed by atoms with Crippen molar-refractivity contribution in [2.24, 2.45) is 0 Å². The van der Waals surface area contributed by atoms with Crippen molar-refractivity contribution in [3.8, 4) is 74.0 Å². The predicted octanol–water partition coefficient (Wildman–Crippen LogP) is 19.1. The lowest BCUT2D eigenvalue weighted by Gasteiger charge is -2.44. The van der Waals surface area contributed by atoms with Gasteiger partial charge in [0.2, 0.25) is 0 Å². The minimum Gasteiger partial charge on any atom is -0.458 e. The molecule has 4 aliphatic heterocycles. The van der Waals surface area contributed by atoms with Gasteiger partial charge in [-0.1, -0.05) is 237 Å². The number of para-hydroxylation sites is 4. The molecule has 0 N–H and O–H groups in total. The molecule has 4 aliphatic rings. The maximum Gasteiger partial charge on any atom is 0.268 e. The second kappa shape index (κ2) is 22.3. The van der Waals surface area contributed by atoms with Gasteiger partial charge in [-0.2, -0.15) is 0 Å². The van der Waals surface area contributed by atoms with E-state index in [2.05, 4.69) is 191 Å². The molecule has 2 amide bonds. The van der Waals surface area contributed by atoms with Crippen LogP contribution in [-0.4, -0.2) is 38.0 Å². The zero-order valence-corrected chi connectivity index (χ0v) is 56.0. The van der Waals surface area contributed by atoms with Crippen LogP contribution in [0.1, 0.15) is 97.0 Å². The van der Waals surface area contributed by atoms with E-state index in [1.807, 2.05) is 133 Å². The third-order valence-electron chi connectivity index (χ3n) is 20.6. The number of carbonyl (C=O) groups is 2. The summed E-state index contributed by atoms with van der Waals surface area (Å²) in [6.45, 7) is 15.8. The maximum atomic E-state index is 16.0. The Balaban J connectivity index is 0.801. The number of fused-ring (bicyclic) bond motifs is 10. The topological polar surface area (TPSA) is 103 Å². The van der Waals surface area contributed by atoms with E-state index in [1.165, 1.54) is 16.0 Å². The van der Waals surface area contributed by atoms with E-state index in [1.54, 1.807) is 0 Å². The molecule has 0 atom stereocenters. The van der Waals surface area contributed by atoms with Gasteiger partial charge < -0.3 is 18.9 Å². The minimum atomic E-state index is -0.702. The van der Waals surface area contributed by atoms with Crippen LogP contribution in [0.4, 0.5) is 22.7 Å². The van der Waals surface area contributed by atoms with E-state index in [4.69, 9.17) is 24.4 Å². The van der Waals surface area contributed by atoms with Gasteiger partial charge in [0.15, 0.2) is 17.5 Å². The number of hydrogen-bond donors (Lipinski definition) is 0. The molecule has 0 bridgehead atoms.